The van der Waals surface area contributed by atoms with E-state index in [4.69, 9.17) is 0 Å². The summed E-state index contributed by atoms with van der Waals surface area (Å²) in [5, 5.41) is 11.3. The molecule has 5 rings (SSSR count). The quantitative estimate of drug-likeness (QED) is 0.849. The summed E-state index contributed by atoms with van der Waals surface area (Å²) in [6.07, 6.45) is 2.02. The molecule has 1 amide bonds. The number of rotatable bonds is 4. The predicted molar refractivity (Wildman–Crippen MR) is 95.6 cm³/mol. The van der Waals surface area contributed by atoms with Crippen molar-refractivity contribution in [1.29, 1.82) is 5.26 Å². The van der Waals surface area contributed by atoms with Crippen LogP contribution in [0.25, 0.3) is 0 Å². The number of nitriles is 1. The van der Waals surface area contributed by atoms with Crippen molar-refractivity contribution < 1.29 is 4.79 Å². The topological polar surface area (TPSA) is 60.2 Å². The number of hydrogen-bond donors (Lipinski definition) is 0. The van der Waals surface area contributed by atoms with E-state index in [0.717, 1.165) is 49.3 Å². The summed E-state index contributed by atoms with van der Waals surface area (Å²) >= 11 is 1.57. The molecule has 1 aromatic carbocycles. The van der Waals surface area contributed by atoms with Crippen molar-refractivity contribution in [3.05, 3.63) is 52.0 Å². The number of carbonyl (C=O) groups is 1. The molecule has 3 aliphatic heterocycles. The lowest BCUT2D eigenvalue weighted by molar-refractivity contribution is -0.140. The first-order valence-corrected chi connectivity index (χ1v) is 9.57. The van der Waals surface area contributed by atoms with E-state index in [-0.39, 0.29) is 17.9 Å². The van der Waals surface area contributed by atoms with E-state index in [1.165, 1.54) is 0 Å². The zero-order chi connectivity index (χ0) is 17.2. The third kappa shape index (κ3) is 3.30. The number of benzene rings is 1. The highest BCUT2D eigenvalue weighted by Gasteiger charge is 2.40. The molecule has 4 heterocycles. The summed E-state index contributed by atoms with van der Waals surface area (Å²) in [5.41, 5.74) is 4.57. The molecule has 6 heteroatoms. The first kappa shape index (κ1) is 16.2. The maximum atomic E-state index is 12.9. The van der Waals surface area contributed by atoms with Crippen LogP contribution in [0.4, 0.5) is 0 Å². The molecule has 0 N–H and O–H groups in total. The molecule has 0 spiro atoms. The molecule has 3 saturated heterocycles. The van der Waals surface area contributed by atoms with E-state index in [0.29, 0.717) is 6.54 Å². The van der Waals surface area contributed by atoms with Crippen molar-refractivity contribution >= 4 is 17.2 Å². The molecule has 3 fully saturated rings. The van der Waals surface area contributed by atoms with Gasteiger partial charge in [0.1, 0.15) is 0 Å². The molecule has 0 aliphatic carbocycles. The fraction of sp³-hybridized carbons (Fsp3) is 0.421. The van der Waals surface area contributed by atoms with Crippen LogP contribution in [0.15, 0.2) is 35.2 Å². The lowest BCUT2D eigenvalue weighted by Crippen LogP contribution is -2.47. The molecule has 2 atom stereocenters. The summed E-state index contributed by atoms with van der Waals surface area (Å²) in [5.74, 6) is 0.326. The van der Waals surface area contributed by atoms with Crippen LogP contribution in [0.5, 0.6) is 0 Å². The number of carbonyl (C=O) groups excluding carboxylic acids is 1. The smallest absolute Gasteiger partial charge is 0.227 e. The van der Waals surface area contributed by atoms with Gasteiger partial charge in [-0.15, -0.1) is 11.3 Å². The van der Waals surface area contributed by atoms with Crippen molar-refractivity contribution in [2.24, 2.45) is 5.92 Å². The minimum absolute atomic E-state index is 0.0617. The van der Waals surface area contributed by atoms with Crippen molar-refractivity contribution in [3.8, 4) is 6.07 Å². The molecule has 25 heavy (non-hydrogen) atoms. The van der Waals surface area contributed by atoms with Crippen molar-refractivity contribution in [3.63, 3.8) is 0 Å². The number of hydrogen-bond acceptors (Lipinski definition) is 5. The van der Waals surface area contributed by atoms with Crippen LogP contribution in [-0.4, -0.2) is 39.8 Å². The number of fused-ring (bicyclic) bond motifs is 4. The Balaban J connectivity index is 1.52. The molecule has 0 unspecified atom stereocenters. The van der Waals surface area contributed by atoms with Gasteiger partial charge in [0.25, 0.3) is 0 Å². The average Bonchev–Trinajstić information content (AvgIpc) is 3.01. The number of amides is 1. The molecule has 2 aromatic rings. The Kier molecular flexibility index (Phi) is 4.51. The molecule has 3 aliphatic rings. The third-order valence-corrected chi connectivity index (χ3v) is 5.85. The summed E-state index contributed by atoms with van der Waals surface area (Å²) in [6, 6.07) is 10.3. The lowest BCUT2D eigenvalue weighted by atomic mass is 9.94. The second-order valence-electron chi connectivity index (χ2n) is 6.84. The Morgan fingerprint density at radius 3 is 2.92 bits per heavy atom. The Hall–Kier alpha value is -2.23. The fourth-order valence-electron chi connectivity index (χ4n) is 3.97. The van der Waals surface area contributed by atoms with Gasteiger partial charge in [-0.05, 0) is 24.5 Å². The molecule has 0 saturated carbocycles. The first-order chi connectivity index (χ1) is 12.2. The average molecular weight is 352 g/mol. The van der Waals surface area contributed by atoms with Gasteiger partial charge >= 0.3 is 0 Å². The van der Waals surface area contributed by atoms with Crippen LogP contribution in [-0.2, 0) is 17.9 Å². The van der Waals surface area contributed by atoms with Crippen molar-refractivity contribution in [1.82, 2.24) is 14.8 Å². The van der Waals surface area contributed by atoms with E-state index in [1.807, 2.05) is 40.1 Å². The molecule has 5 nitrogen and oxygen atoms in total. The van der Waals surface area contributed by atoms with Crippen LogP contribution in [0.3, 0.4) is 0 Å². The van der Waals surface area contributed by atoms with Gasteiger partial charge < -0.3 is 4.90 Å². The van der Waals surface area contributed by atoms with Gasteiger partial charge in [-0.2, -0.15) is 5.26 Å². The number of thiazole rings is 1. The highest BCUT2D eigenvalue weighted by atomic mass is 32.1. The zero-order valence-corrected chi connectivity index (χ0v) is 14.8. The van der Waals surface area contributed by atoms with Gasteiger partial charge in [-0.3, -0.25) is 9.69 Å². The van der Waals surface area contributed by atoms with Crippen LogP contribution in [0.2, 0.25) is 0 Å². The largest absolute Gasteiger partial charge is 0.332 e. The molecular formula is C19H20N4OS. The Morgan fingerprint density at radius 1 is 1.24 bits per heavy atom. The second kappa shape index (κ2) is 6.95. The minimum Gasteiger partial charge on any atom is -0.332 e. The normalized spacial score (nSPS) is 23.5. The Morgan fingerprint density at radius 2 is 2.12 bits per heavy atom. The van der Waals surface area contributed by atoms with Gasteiger partial charge in [0.05, 0.1) is 35.3 Å². The van der Waals surface area contributed by atoms with Gasteiger partial charge in [0.2, 0.25) is 5.91 Å². The van der Waals surface area contributed by atoms with Crippen molar-refractivity contribution in [2.75, 3.05) is 13.1 Å². The minimum atomic E-state index is 0.0617. The van der Waals surface area contributed by atoms with Gasteiger partial charge in [0, 0.05) is 31.1 Å². The Bertz CT molecular complexity index is 798. The maximum Gasteiger partial charge on any atom is 0.227 e. The molecule has 1 aromatic heterocycles. The second-order valence-corrected chi connectivity index (χ2v) is 7.56. The molecule has 2 bridgehead atoms. The highest BCUT2D eigenvalue weighted by Crippen LogP contribution is 2.31. The predicted octanol–water partition coefficient (Wildman–Crippen LogP) is 2.64. The van der Waals surface area contributed by atoms with Crippen LogP contribution < -0.4 is 0 Å². The van der Waals surface area contributed by atoms with E-state index in [9.17, 15) is 10.1 Å². The first-order valence-electron chi connectivity index (χ1n) is 8.62. The highest BCUT2D eigenvalue weighted by molar-refractivity contribution is 7.07. The molecular weight excluding hydrogens is 332 g/mol. The number of nitrogens with zero attached hydrogens (tertiary/aromatic N) is 4. The zero-order valence-electron chi connectivity index (χ0n) is 14.0. The monoisotopic (exact) mass is 352 g/mol. The van der Waals surface area contributed by atoms with E-state index >= 15 is 0 Å². The van der Waals surface area contributed by atoms with Crippen LogP contribution in [0.1, 0.15) is 29.7 Å². The lowest BCUT2D eigenvalue weighted by Gasteiger charge is -2.35. The van der Waals surface area contributed by atoms with Crippen molar-refractivity contribution in [2.45, 2.75) is 32.0 Å². The summed E-state index contributed by atoms with van der Waals surface area (Å²) in [7, 11) is 0. The summed E-state index contributed by atoms with van der Waals surface area (Å²) in [6.45, 7) is 3.00. The summed E-state index contributed by atoms with van der Waals surface area (Å²) in [4.78, 5) is 21.6. The van der Waals surface area contributed by atoms with Gasteiger partial charge in [-0.1, -0.05) is 18.2 Å². The maximum absolute atomic E-state index is 12.9. The van der Waals surface area contributed by atoms with E-state index < -0.39 is 0 Å². The Labute approximate surface area is 151 Å². The van der Waals surface area contributed by atoms with E-state index in [2.05, 4.69) is 16.0 Å². The van der Waals surface area contributed by atoms with Gasteiger partial charge in [0.15, 0.2) is 0 Å². The van der Waals surface area contributed by atoms with Gasteiger partial charge in [-0.25, -0.2) is 4.98 Å². The molecule has 0 radical (unpaired) electrons. The number of aromatic nitrogens is 1. The van der Waals surface area contributed by atoms with Crippen LogP contribution >= 0.6 is 11.3 Å². The summed E-state index contributed by atoms with van der Waals surface area (Å²) < 4.78 is 0. The molecule has 128 valence electrons. The standard InChI is InChI=1S/C19H20N4OS/c20-7-14-3-1-2-4-15(14)8-22-9-16-5-6-18(11-22)23(19(16)24)10-17-12-25-13-21-17/h1-4,12-13,16,18H,5-6,8-11H2/t16-,18+/m1/s1. The third-order valence-electron chi connectivity index (χ3n) is 5.22. The SMILES string of the molecule is N#Cc1ccccc1CN1C[C@H]2CC[C@@H](C1)N(Cc1cscn1)C2=O. The van der Waals surface area contributed by atoms with Crippen LogP contribution in [0, 0.1) is 17.2 Å². The fourth-order valence-corrected chi connectivity index (χ4v) is 4.51. The number of piperidine rings is 1. The van der Waals surface area contributed by atoms with E-state index in [1.54, 1.807) is 11.3 Å².